The van der Waals surface area contributed by atoms with E-state index in [4.69, 9.17) is 11.6 Å². The normalized spacial score (nSPS) is 11.0. The van der Waals surface area contributed by atoms with E-state index in [2.05, 4.69) is 10.3 Å². The maximum atomic E-state index is 12.9. The number of fused-ring (bicyclic) bond motifs is 1. The third-order valence-electron chi connectivity index (χ3n) is 4.33. The molecule has 0 fully saturated rings. The molecule has 0 radical (unpaired) electrons. The molecule has 1 amide bonds. The predicted octanol–water partition coefficient (Wildman–Crippen LogP) is 5.02. The highest BCUT2D eigenvalue weighted by molar-refractivity contribution is 7.99. The van der Waals surface area contributed by atoms with Crippen molar-refractivity contribution in [2.75, 3.05) is 11.1 Å². The minimum absolute atomic E-state index is 0.0116. The summed E-state index contributed by atoms with van der Waals surface area (Å²) in [7, 11) is 1.62. The van der Waals surface area contributed by atoms with Gasteiger partial charge in [-0.05, 0) is 17.5 Å². The quantitative estimate of drug-likeness (QED) is 0.175. The van der Waals surface area contributed by atoms with Gasteiger partial charge in [0.25, 0.3) is 11.2 Å². The lowest BCUT2D eigenvalue weighted by Gasteiger charge is -2.09. The third kappa shape index (κ3) is 4.35. The lowest BCUT2D eigenvalue weighted by molar-refractivity contribution is -0.384. The fraction of sp³-hybridized carbons (Fsp3) is 0.105. The fourth-order valence-corrected chi connectivity index (χ4v) is 5.63. The van der Waals surface area contributed by atoms with Crippen molar-refractivity contribution in [2.24, 2.45) is 7.05 Å². The minimum Gasteiger partial charge on any atom is -0.324 e. The average molecular weight is 493 g/mol. The van der Waals surface area contributed by atoms with Gasteiger partial charge >= 0.3 is 0 Å². The van der Waals surface area contributed by atoms with Gasteiger partial charge in [-0.25, -0.2) is 4.98 Å². The summed E-state index contributed by atoms with van der Waals surface area (Å²) in [4.78, 5) is 41.7. The third-order valence-corrected chi connectivity index (χ3v) is 7.45. The van der Waals surface area contributed by atoms with Crippen molar-refractivity contribution in [3.05, 3.63) is 66.6 Å². The molecular formula is C19H13ClN4O4S3. The Morgan fingerprint density at radius 2 is 2.16 bits per heavy atom. The number of amides is 1. The first kappa shape index (κ1) is 21.5. The first-order valence-corrected chi connectivity index (χ1v) is 11.9. The molecule has 3 aromatic heterocycles. The molecule has 0 saturated heterocycles. The Balaban J connectivity index is 1.52. The van der Waals surface area contributed by atoms with Gasteiger partial charge in [0, 0.05) is 35.0 Å². The van der Waals surface area contributed by atoms with E-state index in [1.54, 1.807) is 18.4 Å². The Bertz CT molecular complexity index is 1360. The summed E-state index contributed by atoms with van der Waals surface area (Å²) in [6.07, 6.45) is 0. The zero-order chi connectivity index (χ0) is 22.1. The lowest BCUT2D eigenvalue weighted by atomic mass is 10.2. The molecule has 158 valence electrons. The van der Waals surface area contributed by atoms with Gasteiger partial charge in [0.05, 0.1) is 26.8 Å². The topological polar surface area (TPSA) is 107 Å². The van der Waals surface area contributed by atoms with E-state index in [1.807, 2.05) is 22.9 Å². The molecule has 0 aliphatic rings. The Morgan fingerprint density at radius 3 is 2.84 bits per heavy atom. The van der Waals surface area contributed by atoms with Crippen LogP contribution in [0.5, 0.6) is 0 Å². The summed E-state index contributed by atoms with van der Waals surface area (Å²) >= 11 is 10.1. The number of halogens is 1. The van der Waals surface area contributed by atoms with E-state index in [9.17, 15) is 19.7 Å². The number of aromatic nitrogens is 2. The van der Waals surface area contributed by atoms with Crippen LogP contribution in [0.1, 0.15) is 0 Å². The molecule has 0 aliphatic heterocycles. The van der Waals surface area contributed by atoms with Crippen LogP contribution in [0, 0.1) is 10.1 Å². The standard InChI is InChI=1S/C19H13ClN4O4S3/c1-23-18(26)16-11(14-3-2-6-29-14)8-30-17(16)22-19(23)31-9-15(25)21-13-5-4-10(24(27)28)7-12(13)20/h2-8H,9H2,1H3,(H,21,25). The van der Waals surface area contributed by atoms with Crippen LogP contribution in [0.3, 0.4) is 0 Å². The molecule has 0 bridgehead atoms. The number of benzene rings is 1. The maximum absolute atomic E-state index is 12.9. The summed E-state index contributed by atoms with van der Waals surface area (Å²) in [5.41, 5.74) is 0.804. The Labute approximate surface area is 192 Å². The van der Waals surface area contributed by atoms with Crippen LogP contribution in [0.4, 0.5) is 11.4 Å². The first-order valence-electron chi connectivity index (χ1n) is 8.74. The van der Waals surface area contributed by atoms with Gasteiger partial charge < -0.3 is 5.32 Å². The van der Waals surface area contributed by atoms with Crippen LogP contribution < -0.4 is 10.9 Å². The molecule has 0 spiro atoms. The van der Waals surface area contributed by atoms with Gasteiger partial charge in [-0.1, -0.05) is 29.4 Å². The molecule has 0 saturated carbocycles. The SMILES string of the molecule is Cn1c(SCC(=O)Nc2ccc([N+](=O)[O-])cc2Cl)nc2scc(-c3cccs3)c2c1=O. The van der Waals surface area contributed by atoms with Crippen LogP contribution in [0.2, 0.25) is 5.02 Å². The second-order valence-electron chi connectivity index (χ2n) is 6.32. The van der Waals surface area contributed by atoms with E-state index < -0.39 is 4.92 Å². The van der Waals surface area contributed by atoms with Crippen LogP contribution in [-0.4, -0.2) is 26.1 Å². The van der Waals surface area contributed by atoms with E-state index in [1.165, 1.54) is 34.1 Å². The number of hydrogen-bond acceptors (Lipinski definition) is 8. The fourth-order valence-electron chi connectivity index (χ4n) is 2.83. The molecule has 0 unspecified atom stereocenters. The number of nitrogens with one attached hydrogen (secondary N) is 1. The number of hydrogen-bond donors (Lipinski definition) is 1. The number of thiophene rings is 2. The molecule has 8 nitrogen and oxygen atoms in total. The highest BCUT2D eigenvalue weighted by atomic mass is 35.5. The molecule has 12 heteroatoms. The van der Waals surface area contributed by atoms with Gasteiger partial charge in [-0.15, -0.1) is 22.7 Å². The molecule has 1 N–H and O–H groups in total. The van der Waals surface area contributed by atoms with Crippen molar-refractivity contribution < 1.29 is 9.72 Å². The zero-order valence-electron chi connectivity index (χ0n) is 15.8. The van der Waals surface area contributed by atoms with Crippen molar-refractivity contribution >= 4 is 73.5 Å². The molecule has 4 aromatic rings. The number of anilines is 1. The second-order valence-corrected chi connectivity index (χ2v) is 9.48. The van der Waals surface area contributed by atoms with Gasteiger partial charge in [0.1, 0.15) is 4.83 Å². The van der Waals surface area contributed by atoms with Gasteiger partial charge in [0.2, 0.25) is 5.91 Å². The molecule has 31 heavy (non-hydrogen) atoms. The number of non-ortho nitro benzene ring substituents is 1. The van der Waals surface area contributed by atoms with Crippen molar-refractivity contribution in [2.45, 2.75) is 5.16 Å². The zero-order valence-corrected chi connectivity index (χ0v) is 19.0. The number of nitrogens with zero attached hydrogens (tertiary/aromatic N) is 3. The summed E-state index contributed by atoms with van der Waals surface area (Å²) in [6, 6.07) is 7.70. The van der Waals surface area contributed by atoms with Crippen molar-refractivity contribution in [3.8, 4) is 10.4 Å². The van der Waals surface area contributed by atoms with Gasteiger partial charge in [-0.3, -0.25) is 24.3 Å². The maximum Gasteiger partial charge on any atom is 0.271 e. The van der Waals surface area contributed by atoms with Crippen LogP contribution in [0.25, 0.3) is 20.7 Å². The van der Waals surface area contributed by atoms with Crippen LogP contribution in [-0.2, 0) is 11.8 Å². The average Bonchev–Trinajstić information content (AvgIpc) is 3.40. The first-order chi connectivity index (χ1) is 14.8. The lowest BCUT2D eigenvalue weighted by Crippen LogP contribution is -2.21. The van der Waals surface area contributed by atoms with Crippen molar-refractivity contribution in [1.29, 1.82) is 0 Å². The predicted molar refractivity (Wildman–Crippen MR) is 126 cm³/mol. The number of carbonyl (C=O) groups excluding carboxylic acids is 1. The van der Waals surface area contributed by atoms with Crippen LogP contribution >= 0.6 is 46.0 Å². The molecule has 0 atom stereocenters. The number of rotatable bonds is 6. The van der Waals surface area contributed by atoms with Gasteiger partial charge in [0.15, 0.2) is 5.16 Å². The van der Waals surface area contributed by atoms with Crippen molar-refractivity contribution in [3.63, 3.8) is 0 Å². The van der Waals surface area contributed by atoms with E-state index in [0.29, 0.717) is 15.4 Å². The van der Waals surface area contributed by atoms with Crippen molar-refractivity contribution in [1.82, 2.24) is 9.55 Å². The minimum atomic E-state index is -0.565. The van der Waals surface area contributed by atoms with Gasteiger partial charge in [-0.2, -0.15) is 0 Å². The summed E-state index contributed by atoms with van der Waals surface area (Å²) < 4.78 is 1.43. The largest absolute Gasteiger partial charge is 0.324 e. The second kappa shape index (κ2) is 8.79. The smallest absolute Gasteiger partial charge is 0.271 e. The summed E-state index contributed by atoms with van der Waals surface area (Å²) in [6.45, 7) is 0. The summed E-state index contributed by atoms with van der Waals surface area (Å²) in [5, 5.41) is 18.3. The van der Waals surface area contributed by atoms with Crippen LogP contribution in [0.15, 0.2) is 51.0 Å². The number of nitro groups is 1. The summed E-state index contributed by atoms with van der Waals surface area (Å²) in [5.74, 6) is -0.386. The monoisotopic (exact) mass is 492 g/mol. The highest BCUT2D eigenvalue weighted by Gasteiger charge is 2.17. The van der Waals surface area contributed by atoms with E-state index in [-0.39, 0.29) is 33.6 Å². The molecule has 4 rings (SSSR count). The van der Waals surface area contributed by atoms with E-state index >= 15 is 0 Å². The number of nitro benzene ring substituents is 1. The molecular weight excluding hydrogens is 480 g/mol. The molecule has 1 aromatic carbocycles. The number of carbonyl (C=O) groups is 1. The number of thioether (sulfide) groups is 1. The van der Waals surface area contributed by atoms with E-state index in [0.717, 1.165) is 22.2 Å². The highest BCUT2D eigenvalue weighted by Crippen LogP contribution is 2.34. The molecule has 3 heterocycles. The Morgan fingerprint density at radius 1 is 1.35 bits per heavy atom. The Hall–Kier alpha value is -2.73. The Kier molecular flexibility index (Phi) is 6.10. The molecule has 0 aliphatic carbocycles.